The van der Waals surface area contributed by atoms with Crippen LogP contribution < -0.4 is 0 Å². The highest BCUT2D eigenvalue weighted by Crippen LogP contribution is 2.26. The van der Waals surface area contributed by atoms with Crippen LogP contribution in [0, 0.1) is 0 Å². The molecule has 2 nitrogen and oxygen atoms in total. The number of carbonyl (C=O) groups is 1. The van der Waals surface area contributed by atoms with Crippen LogP contribution >= 0.6 is 22.9 Å². The Morgan fingerprint density at radius 1 is 1.38 bits per heavy atom. The fourth-order valence-electron chi connectivity index (χ4n) is 1.30. The van der Waals surface area contributed by atoms with Gasteiger partial charge in [-0.05, 0) is 12.1 Å². The number of benzene rings is 1. The maximum atomic E-state index is 11.5. The third kappa shape index (κ3) is 2.31. The number of halogens is 1. The number of Topliss-reactive ketones (excluding diaryl/α,β-unsaturated/α-hetero) is 1. The van der Waals surface area contributed by atoms with Crippen molar-refractivity contribution in [2.45, 2.75) is 13.3 Å². The van der Waals surface area contributed by atoms with Gasteiger partial charge in [-0.3, -0.25) is 4.79 Å². The number of hydrogen-bond donors (Lipinski definition) is 0. The maximum Gasteiger partial charge on any atom is 0.174 e. The predicted molar refractivity (Wildman–Crippen MR) is 67.2 cm³/mol. The summed E-state index contributed by atoms with van der Waals surface area (Å²) < 4.78 is 0. The van der Waals surface area contributed by atoms with Crippen LogP contribution in [0.5, 0.6) is 0 Å². The number of ketones is 1. The summed E-state index contributed by atoms with van der Waals surface area (Å²) in [7, 11) is 0. The molecular formula is C12H10ClNOS. The van der Waals surface area contributed by atoms with Crippen molar-refractivity contribution < 1.29 is 4.79 Å². The van der Waals surface area contributed by atoms with Gasteiger partial charge in [0, 0.05) is 23.2 Å². The van der Waals surface area contributed by atoms with E-state index in [9.17, 15) is 4.79 Å². The van der Waals surface area contributed by atoms with Gasteiger partial charge in [-0.15, -0.1) is 11.3 Å². The molecule has 82 valence electrons. The number of thiazole rings is 1. The summed E-state index contributed by atoms with van der Waals surface area (Å²) in [5.74, 6) is 0.137. The fraction of sp³-hybridized carbons (Fsp3) is 0.167. The van der Waals surface area contributed by atoms with Gasteiger partial charge in [-0.2, -0.15) is 0 Å². The number of aromatic nitrogens is 1. The maximum absolute atomic E-state index is 11.5. The summed E-state index contributed by atoms with van der Waals surface area (Å²) >= 11 is 7.23. The van der Waals surface area contributed by atoms with E-state index >= 15 is 0 Å². The molecule has 0 aliphatic rings. The second-order valence-electron chi connectivity index (χ2n) is 3.31. The molecule has 1 heterocycles. The zero-order chi connectivity index (χ0) is 11.5. The Kier molecular flexibility index (Phi) is 3.36. The lowest BCUT2D eigenvalue weighted by atomic mass is 10.2. The Labute approximate surface area is 103 Å². The van der Waals surface area contributed by atoms with E-state index in [1.165, 1.54) is 11.3 Å². The average molecular weight is 252 g/mol. The minimum absolute atomic E-state index is 0.137. The largest absolute Gasteiger partial charge is 0.293 e. The highest BCUT2D eigenvalue weighted by Gasteiger charge is 2.09. The van der Waals surface area contributed by atoms with Crippen LogP contribution in [0.25, 0.3) is 10.6 Å². The van der Waals surface area contributed by atoms with Gasteiger partial charge in [0.05, 0.1) is 4.88 Å². The van der Waals surface area contributed by atoms with Crippen LogP contribution in [0.3, 0.4) is 0 Å². The van der Waals surface area contributed by atoms with E-state index in [1.54, 1.807) is 6.20 Å². The molecule has 1 aromatic carbocycles. The molecule has 0 unspecified atom stereocenters. The van der Waals surface area contributed by atoms with Crippen LogP contribution in [0.2, 0.25) is 5.02 Å². The van der Waals surface area contributed by atoms with E-state index in [-0.39, 0.29) is 5.78 Å². The van der Waals surface area contributed by atoms with Crippen molar-refractivity contribution in [1.82, 2.24) is 4.98 Å². The molecule has 0 spiro atoms. The molecule has 0 atom stereocenters. The first-order valence-electron chi connectivity index (χ1n) is 4.95. The summed E-state index contributed by atoms with van der Waals surface area (Å²) in [6.07, 6.45) is 2.16. The molecule has 0 bridgehead atoms. The third-order valence-corrected chi connectivity index (χ3v) is 3.53. The first kappa shape index (κ1) is 11.3. The van der Waals surface area contributed by atoms with E-state index in [4.69, 9.17) is 11.6 Å². The first-order valence-corrected chi connectivity index (χ1v) is 6.15. The zero-order valence-corrected chi connectivity index (χ0v) is 10.3. The number of nitrogens with zero attached hydrogens (tertiary/aromatic N) is 1. The average Bonchev–Trinajstić information content (AvgIpc) is 2.78. The normalized spacial score (nSPS) is 10.4. The van der Waals surface area contributed by atoms with Crippen molar-refractivity contribution in [3.8, 4) is 10.6 Å². The summed E-state index contributed by atoms with van der Waals surface area (Å²) in [6.45, 7) is 1.85. The molecule has 0 saturated heterocycles. The zero-order valence-electron chi connectivity index (χ0n) is 8.74. The van der Waals surface area contributed by atoms with E-state index in [1.807, 2.05) is 31.2 Å². The monoisotopic (exact) mass is 251 g/mol. The standard InChI is InChI=1S/C12H10ClNOS/c1-2-10(15)11-7-14-12(16-11)8-3-5-9(13)6-4-8/h3-7H,2H2,1H3. The van der Waals surface area contributed by atoms with Gasteiger partial charge >= 0.3 is 0 Å². The highest BCUT2D eigenvalue weighted by molar-refractivity contribution is 7.16. The fourth-order valence-corrected chi connectivity index (χ4v) is 2.36. The van der Waals surface area contributed by atoms with Crippen molar-refractivity contribution in [1.29, 1.82) is 0 Å². The van der Waals surface area contributed by atoms with Gasteiger partial charge in [0.25, 0.3) is 0 Å². The smallest absolute Gasteiger partial charge is 0.174 e. The lowest BCUT2D eigenvalue weighted by Gasteiger charge is -1.95. The molecule has 0 amide bonds. The van der Waals surface area contributed by atoms with Crippen molar-refractivity contribution in [2.75, 3.05) is 0 Å². The Morgan fingerprint density at radius 2 is 2.06 bits per heavy atom. The second-order valence-corrected chi connectivity index (χ2v) is 4.78. The first-order chi connectivity index (χ1) is 7.70. The molecule has 1 aromatic heterocycles. The number of hydrogen-bond acceptors (Lipinski definition) is 3. The Hall–Kier alpha value is -1.19. The summed E-state index contributed by atoms with van der Waals surface area (Å²) in [5, 5.41) is 1.55. The molecule has 0 fully saturated rings. The molecule has 0 saturated carbocycles. The van der Waals surface area contributed by atoms with Gasteiger partial charge in [-0.25, -0.2) is 4.98 Å². The molecule has 0 radical (unpaired) electrons. The van der Waals surface area contributed by atoms with E-state index in [0.29, 0.717) is 16.3 Å². The molecule has 0 aliphatic heterocycles. The molecular weight excluding hydrogens is 242 g/mol. The Balaban J connectivity index is 2.31. The van der Waals surface area contributed by atoms with Crippen LogP contribution in [0.4, 0.5) is 0 Å². The van der Waals surface area contributed by atoms with Gasteiger partial charge < -0.3 is 0 Å². The summed E-state index contributed by atoms with van der Waals surface area (Å²) in [4.78, 5) is 16.4. The van der Waals surface area contributed by atoms with Crippen molar-refractivity contribution in [2.24, 2.45) is 0 Å². The number of carbonyl (C=O) groups excluding carboxylic acids is 1. The van der Waals surface area contributed by atoms with E-state index < -0.39 is 0 Å². The van der Waals surface area contributed by atoms with Crippen LogP contribution in [0.1, 0.15) is 23.0 Å². The summed E-state index contributed by atoms with van der Waals surface area (Å²) in [5.41, 5.74) is 0.990. The quantitative estimate of drug-likeness (QED) is 0.770. The molecule has 4 heteroatoms. The van der Waals surface area contributed by atoms with Crippen molar-refractivity contribution in [3.05, 3.63) is 40.4 Å². The SMILES string of the molecule is CCC(=O)c1cnc(-c2ccc(Cl)cc2)s1. The predicted octanol–water partition coefficient (Wildman–Crippen LogP) is 4.06. The molecule has 2 rings (SSSR count). The number of rotatable bonds is 3. The minimum Gasteiger partial charge on any atom is -0.293 e. The van der Waals surface area contributed by atoms with Gasteiger partial charge in [0.15, 0.2) is 5.78 Å². The lowest BCUT2D eigenvalue weighted by Crippen LogP contribution is -1.90. The molecule has 0 aliphatic carbocycles. The second kappa shape index (κ2) is 4.76. The van der Waals surface area contributed by atoms with Crippen molar-refractivity contribution >= 4 is 28.7 Å². The van der Waals surface area contributed by atoms with Crippen LogP contribution in [-0.4, -0.2) is 10.8 Å². The van der Waals surface area contributed by atoms with E-state index in [2.05, 4.69) is 4.98 Å². The van der Waals surface area contributed by atoms with Crippen LogP contribution in [0.15, 0.2) is 30.5 Å². The third-order valence-electron chi connectivity index (χ3n) is 2.19. The van der Waals surface area contributed by atoms with Crippen molar-refractivity contribution in [3.63, 3.8) is 0 Å². The Morgan fingerprint density at radius 3 is 2.69 bits per heavy atom. The lowest BCUT2D eigenvalue weighted by molar-refractivity contribution is 0.0992. The molecule has 2 aromatic rings. The van der Waals surface area contributed by atoms with Gasteiger partial charge in [-0.1, -0.05) is 30.7 Å². The molecule has 0 N–H and O–H groups in total. The molecule has 16 heavy (non-hydrogen) atoms. The van der Waals surface area contributed by atoms with Crippen LogP contribution in [-0.2, 0) is 0 Å². The highest BCUT2D eigenvalue weighted by atomic mass is 35.5. The minimum atomic E-state index is 0.137. The van der Waals surface area contributed by atoms with Gasteiger partial charge in [0.2, 0.25) is 0 Å². The topological polar surface area (TPSA) is 30.0 Å². The summed E-state index contributed by atoms with van der Waals surface area (Å²) in [6, 6.07) is 7.45. The Bertz CT molecular complexity index is 504. The van der Waals surface area contributed by atoms with E-state index in [0.717, 1.165) is 10.6 Å². The van der Waals surface area contributed by atoms with Gasteiger partial charge in [0.1, 0.15) is 5.01 Å².